The molecule has 1 heterocycles. The average Bonchev–Trinajstić information content (AvgIpc) is 2.71. The average molecular weight is 370 g/mol. The summed E-state index contributed by atoms with van der Waals surface area (Å²) < 4.78 is 5.24. The van der Waals surface area contributed by atoms with E-state index in [1.54, 1.807) is 16.9 Å². The van der Waals surface area contributed by atoms with Crippen LogP contribution in [-0.4, -0.2) is 58.2 Å². The van der Waals surface area contributed by atoms with E-state index in [0.717, 1.165) is 44.0 Å². The molecule has 2 N–H and O–H groups in total. The van der Waals surface area contributed by atoms with E-state index in [2.05, 4.69) is 24.3 Å². The highest BCUT2D eigenvalue weighted by molar-refractivity contribution is 5.81. The summed E-state index contributed by atoms with van der Waals surface area (Å²) >= 11 is 0. The lowest BCUT2D eigenvalue weighted by atomic mass is 10.0. The van der Waals surface area contributed by atoms with Gasteiger partial charge in [0.25, 0.3) is 5.91 Å². The Kier molecular flexibility index (Phi) is 6.48. The number of quaternary nitrogens is 2. The van der Waals surface area contributed by atoms with Crippen LogP contribution in [0.1, 0.15) is 17.2 Å². The van der Waals surface area contributed by atoms with E-state index in [-0.39, 0.29) is 11.9 Å². The Bertz CT molecular complexity index is 723. The fraction of sp³-hybridized carbons (Fsp3) is 0.409. The normalized spacial score (nSPS) is 20.7. The highest BCUT2D eigenvalue weighted by Crippen LogP contribution is 2.12. The summed E-state index contributed by atoms with van der Waals surface area (Å²) in [5, 5.41) is 0. The molecule has 2 aromatic rings. The summed E-state index contributed by atoms with van der Waals surface area (Å²) in [4.78, 5) is 17.5. The zero-order chi connectivity index (χ0) is 19.2. The molecule has 2 aromatic carbocycles. The standard InChI is InChI=1S/C22H29N3O2/c1-23(2)22(26)21(19-7-5-4-6-8-19)25-15-13-24(14-16-25)17-18-9-11-20(27-3)12-10-18/h4-12,21H,13-17H2,1-3H3/p+2/t21-/m0/s1. The summed E-state index contributed by atoms with van der Waals surface area (Å²) in [7, 11) is 5.40. The largest absolute Gasteiger partial charge is 0.497 e. The quantitative estimate of drug-likeness (QED) is 0.741. The number of hydrogen-bond donors (Lipinski definition) is 2. The number of nitrogens with one attached hydrogen (secondary N) is 2. The number of ether oxygens (including phenoxy) is 1. The van der Waals surface area contributed by atoms with Gasteiger partial charge in [0, 0.05) is 25.2 Å². The predicted molar refractivity (Wildman–Crippen MR) is 106 cm³/mol. The lowest BCUT2D eigenvalue weighted by Gasteiger charge is -2.35. The highest BCUT2D eigenvalue weighted by Gasteiger charge is 2.36. The molecular formula is C22H31N3O2+2. The third-order valence-corrected chi connectivity index (χ3v) is 5.44. The molecule has 27 heavy (non-hydrogen) atoms. The molecule has 1 atom stereocenters. The van der Waals surface area contributed by atoms with E-state index in [0.29, 0.717) is 0 Å². The minimum Gasteiger partial charge on any atom is -0.497 e. The molecule has 5 heteroatoms. The number of likely N-dealkylation sites (N-methyl/N-ethyl adjacent to an activating group) is 1. The number of methoxy groups -OCH3 is 1. The van der Waals surface area contributed by atoms with Crippen molar-refractivity contribution in [2.75, 3.05) is 47.4 Å². The van der Waals surface area contributed by atoms with Gasteiger partial charge in [-0.25, -0.2) is 0 Å². The number of carbonyl (C=O) groups is 1. The third-order valence-electron chi connectivity index (χ3n) is 5.44. The van der Waals surface area contributed by atoms with Crippen LogP contribution in [0.4, 0.5) is 0 Å². The first kappa shape index (κ1) is 19.4. The second kappa shape index (κ2) is 9.02. The van der Waals surface area contributed by atoms with Gasteiger partial charge in [-0.2, -0.15) is 0 Å². The van der Waals surface area contributed by atoms with Gasteiger partial charge in [-0.3, -0.25) is 4.79 Å². The van der Waals surface area contributed by atoms with Gasteiger partial charge in [0.05, 0.1) is 7.11 Å². The van der Waals surface area contributed by atoms with Crippen molar-refractivity contribution in [3.8, 4) is 5.75 Å². The van der Waals surface area contributed by atoms with E-state index in [1.807, 2.05) is 44.4 Å². The van der Waals surface area contributed by atoms with Crippen LogP contribution in [0.5, 0.6) is 5.75 Å². The maximum Gasteiger partial charge on any atom is 0.285 e. The fourth-order valence-electron chi connectivity index (χ4n) is 3.88. The van der Waals surface area contributed by atoms with Crippen molar-refractivity contribution in [3.63, 3.8) is 0 Å². The number of nitrogens with zero attached hydrogens (tertiary/aromatic N) is 1. The van der Waals surface area contributed by atoms with E-state index in [9.17, 15) is 4.79 Å². The van der Waals surface area contributed by atoms with Crippen molar-refractivity contribution in [1.82, 2.24) is 4.90 Å². The van der Waals surface area contributed by atoms with Crippen LogP contribution in [0.15, 0.2) is 54.6 Å². The third kappa shape index (κ3) is 4.87. The molecule has 0 spiro atoms. The van der Waals surface area contributed by atoms with Gasteiger partial charge in [-0.15, -0.1) is 0 Å². The Morgan fingerprint density at radius 2 is 1.63 bits per heavy atom. The van der Waals surface area contributed by atoms with Crippen molar-refractivity contribution in [3.05, 3.63) is 65.7 Å². The van der Waals surface area contributed by atoms with Gasteiger partial charge in [-0.05, 0) is 24.3 Å². The summed E-state index contributed by atoms with van der Waals surface area (Å²) in [6, 6.07) is 18.4. The molecular weight excluding hydrogens is 338 g/mol. The topological polar surface area (TPSA) is 38.4 Å². The maximum atomic E-state index is 12.9. The predicted octanol–water partition coefficient (Wildman–Crippen LogP) is -0.192. The Balaban J connectivity index is 1.64. The first-order valence-corrected chi connectivity index (χ1v) is 9.65. The van der Waals surface area contributed by atoms with E-state index in [1.165, 1.54) is 10.5 Å². The minimum absolute atomic E-state index is 0.108. The van der Waals surface area contributed by atoms with E-state index < -0.39 is 0 Å². The molecule has 0 aliphatic carbocycles. The molecule has 1 aliphatic rings. The first-order chi connectivity index (χ1) is 13.1. The van der Waals surface area contributed by atoms with Crippen molar-refractivity contribution >= 4 is 5.91 Å². The molecule has 3 rings (SSSR count). The maximum absolute atomic E-state index is 12.9. The van der Waals surface area contributed by atoms with Crippen LogP contribution in [0.2, 0.25) is 0 Å². The van der Waals surface area contributed by atoms with Gasteiger partial charge in [0.2, 0.25) is 0 Å². The number of hydrogen-bond acceptors (Lipinski definition) is 2. The molecule has 0 bridgehead atoms. The van der Waals surface area contributed by atoms with Crippen LogP contribution in [0.3, 0.4) is 0 Å². The highest BCUT2D eigenvalue weighted by atomic mass is 16.5. The minimum atomic E-state index is -0.108. The zero-order valence-corrected chi connectivity index (χ0v) is 16.6. The van der Waals surface area contributed by atoms with Gasteiger partial charge < -0.3 is 19.4 Å². The van der Waals surface area contributed by atoms with E-state index in [4.69, 9.17) is 4.74 Å². The van der Waals surface area contributed by atoms with Gasteiger partial charge in [0.15, 0.2) is 6.04 Å². The molecule has 0 radical (unpaired) electrons. The SMILES string of the molecule is COc1ccc(C[NH+]2CC[NH+]([C@H](C(=O)N(C)C)c3ccccc3)CC2)cc1. The fourth-order valence-corrected chi connectivity index (χ4v) is 3.88. The summed E-state index contributed by atoms with van der Waals surface area (Å²) in [6.07, 6.45) is 0. The Morgan fingerprint density at radius 3 is 2.19 bits per heavy atom. The first-order valence-electron chi connectivity index (χ1n) is 9.65. The monoisotopic (exact) mass is 369 g/mol. The van der Waals surface area contributed by atoms with Gasteiger partial charge in [0.1, 0.15) is 38.5 Å². The number of benzene rings is 2. The number of carbonyl (C=O) groups excluding carboxylic acids is 1. The Hall–Kier alpha value is -2.37. The molecule has 5 nitrogen and oxygen atoms in total. The molecule has 0 saturated carbocycles. The Labute approximate surface area is 162 Å². The molecule has 0 aromatic heterocycles. The smallest absolute Gasteiger partial charge is 0.285 e. The summed E-state index contributed by atoms with van der Waals surface area (Å²) in [6.45, 7) is 5.18. The van der Waals surface area contributed by atoms with Crippen LogP contribution in [-0.2, 0) is 11.3 Å². The second-order valence-corrected chi connectivity index (χ2v) is 7.51. The van der Waals surface area contributed by atoms with Gasteiger partial charge in [-0.1, -0.05) is 30.3 Å². The van der Waals surface area contributed by atoms with Crippen molar-refractivity contribution < 1.29 is 19.3 Å². The Morgan fingerprint density at radius 1 is 1.00 bits per heavy atom. The lowest BCUT2D eigenvalue weighted by Crippen LogP contribution is -3.28. The van der Waals surface area contributed by atoms with Crippen LogP contribution in [0, 0.1) is 0 Å². The number of rotatable bonds is 6. The second-order valence-electron chi connectivity index (χ2n) is 7.51. The van der Waals surface area contributed by atoms with Crippen molar-refractivity contribution in [2.24, 2.45) is 0 Å². The van der Waals surface area contributed by atoms with E-state index >= 15 is 0 Å². The van der Waals surface area contributed by atoms with Crippen molar-refractivity contribution in [1.29, 1.82) is 0 Å². The molecule has 144 valence electrons. The molecule has 1 aliphatic heterocycles. The summed E-state index contributed by atoms with van der Waals surface area (Å²) in [5.41, 5.74) is 2.45. The molecule has 1 fully saturated rings. The van der Waals surface area contributed by atoms with Crippen LogP contribution in [0.25, 0.3) is 0 Å². The van der Waals surface area contributed by atoms with Crippen LogP contribution < -0.4 is 14.5 Å². The summed E-state index contributed by atoms with van der Waals surface area (Å²) in [5.74, 6) is 1.09. The number of piperazine rings is 1. The van der Waals surface area contributed by atoms with Gasteiger partial charge >= 0.3 is 0 Å². The van der Waals surface area contributed by atoms with Crippen molar-refractivity contribution in [2.45, 2.75) is 12.6 Å². The molecule has 0 unspecified atom stereocenters. The molecule has 1 amide bonds. The lowest BCUT2D eigenvalue weighted by molar-refractivity contribution is -1.03. The zero-order valence-electron chi connectivity index (χ0n) is 16.6. The van der Waals surface area contributed by atoms with Crippen LogP contribution >= 0.6 is 0 Å². The number of amides is 1. The molecule has 1 saturated heterocycles.